The molecule has 30 heavy (non-hydrogen) atoms. The van der Waals surface area contributed by atoms with Crippen LogP contribution in [0.5, 0.6) is 11.5 Å². The Bertz CT molecular complexity index is 1150. The fourth-order valence-electron chi connectivity index (χ4n) is 3.21. The van der Waals surface area contributed by atoms with E-state index in [1.165, 1.54) is 12.1 Å². The van der Waals surface area contributed by atoms with Crippen LogP contribution in [0.1, 0.15) is 11.1 Å². The zero-order chi connectivity index (χ0) is 21.3. The van der Waals surface area contributed by atoms with Gasteiger partial charge in [0.2, 0.25) is 0 Å². The third kappa shape index (κ3) is 3.98. The number of amides is 1. The van der Waals surface area contributed by atoms with Crippen LogP contribution in [-0.4, -0.2) is 41.3 Å². The predicted octanol–water partition coefficient (Wildman–Crippen LogP) is 3.90. The summed E-state index contributed by atoms with van der Waals surface area (Å²) in [6.07, 6.45) is 1.69. The van der Waals surface area contributed by atoms with Crippen molar-refractivity contribution in [2.45, 2.75) is 6.54 Å². The number of phenolic OH excluding ortho intramolecular Hbond substituents is 2. The zero-order valence-electron chi connectivity index (χ0n) is 15.7. The first kappa shape index (κ1) is 20.2. The van der Waals surface area contributed by atoms with Gasteiger partial charge in [-0.3, -0.25) is 0 Å². The van der Waals surface area contributed by atoms with E-state index in [0.717, 1.165) is 5.56 Å². The van der Waals surface area contributed by atoms with Gasteiger partial charge in [0.1, 0.15) is 0 Å². The van der Waals surface area contributed by atoms with E-state index in [4.69, 9.17) is 11.6 Å². The van der Waals surface area contributed by atoms with E-state index < -0.39 is 0 Å². The molecule has 1 aliphatic rings. The maximum atomic E-state index is 13.4. The van der Waals surface area contributed by atoms with Gasteiger partial charge in [0, 0.05) is 0 Å². The van der Waals surface area contributed by atoms with Gasteiger partial charge in [0.05, 0.1) is 0 Å². The summed E-state index contributed by atoms with van der Waals surface area (Å²) in [5.41, 5.74) is 2.76. The first-order valence-corrected chi connectivity index (χ1v) is 10.4. The third-order valence-electron chi connectivity index (χ3n) is 4.71. The van der Waals surface area contributed by atoms with Crippen molar-refractivity contribution in [3.8, 4) is 11.5 Å². The minimum atomic E-state index is -0.244. The molecule has 1 amide bonds. The number of carbonyl (C=O) groups excluding carboxylic acids is 1. The summed E-state index contributed by atoms with van der Waals surface area (Å²) in [6.45, 7) is 0.481. The molecule has 1 fully saturated rings. The van der Waals surface area contributed by atoms with E-state index in [0.29, 0.717) is 33.2 Å². The summed E-state index contributed by atoms with van der Waals surface area (Å²) >= 11 is 9.03. The van der Waals surface area contributed by atoms with Crippen molar-refractivity contribution in [1.29, 1.82) is 0 Å². The van der Waals surface area contributed by atoms with Gasteiger partial charge in [-0.1, -0.05) is 0 Å². The van der Waals surface area contributed by atoms with E-state index in [1.807, 2.05) is 35.2 Å². The summed E-state index contributed by atoms with van der Waals surface area (Å²) in [6, 6.07) is 21.3. The van der Waals surface area contributed by atoms with Crippen molar-refractivity contribution in [1.82, 2.24) is 4.90 Å². The number of nitrogens with zero attached hydrogens (tertiary/aromatic N) is 2. The Hall–Kier alpha value is -3.05. The summed E-state index contributed by atoms with van der Waals surface area (Å²) in [4.78, 5) is 16.9. The number of benzene rings is 3. The first-order valence-electron chi connectivity index (χ1n) is 9.13. The molecule has 1 heterocycles. The van der Waals surface area contributed by atoms with Gasteiger partial charge < -0.3 is 0 Å². The zero-order valence-corrected chi connectivity index (χ0v) is 18.2. The quantitative estimate of drug-likeness (QED) is 0.336. The number of anilines is 1. The molecule has 4 rings (SSSR count). The molecule has 150 valence electrons. The van der Waals surface area contributed by atoms with Gasteiger partial charge >= 0.3 is 187 Å². The molecule has 0 bridgehead atoms. The molecule has 0 atom stereocenters. The molecular weight excluding hydrogens is 467 g/mol. The van der Waals surface area contributed by atoms with Crippen LogP contribution in [-0.2, 0) is 11.3 Å². The Morgan fingerprint density at radius 2 is 1.63 bits per heavy atom. The third-order valence-corrected chi connectivity index (χ3v) is 5.80. The van der Waals surface area contributed by atoms with Crippen LogP contribution >= 0.6 is 11.6 Å². The number of rotatable bonds is 4. The van der Waals surface area contributed by atoms with Crippen LogP contribution in [0.3, 0.4) is 0 Å². The predicted molar refractivity (Wildman–Crippen MR) is 119 cm³/mol. The van der Waals surface area contributed by atoms with Gasteiger partial charge in [0.25, 0.3) is 0 Å². The molecule has 1 aliphatic heterocycles. The summed E-state index contributed by atoms with van der Waals surface area (Å²) in [5.74, 6) is -0.671. The van der Waals surface area contributed by atoms with E-state index in [9.17, 15) is 15.0 Å². The average molecular weight is 484 g/mol. The number of hydrogen-bond acceptors (Lipinski definition) is 4. The molecule has 0 aliphatic carbocycles. The minimum absolute atomic E-state index is 0.213. The molecular formula is C23H17ClN2O3Se. The Kier molecular flexibility index (Phi) is 5.64. The topological polar surface area (TPSA) is 64.0 Å². The van der Waals surface area contributed by atoms with Crippen LogP contribution in [0.4, 0.5) is 5.69 Å². The summed E-state index contributed by atoms with van der Waals surface area (Å²) < 4.78 is 0.639. The Morgan fingerprint density at radius 3 is 2.30 bits per heavy atom. The molecule has 2 N–H and O–H groups in total. The number of aromatic hydroxyl groups is 2. The van der Waals surface area contributed by atoms with Crippen molar-refractivity contribution < 1.29 is 15.0 Å². The maximum absolute atomic E-state index is 13.4. The van der Waals surface area contributed by atoms with E-state index >= 15 is 0 Å². The van der Waals surface area contributed by atoms with Crippen LogP contribution < -0.4 is 4.90 Å². The van der Waals surface area contributed by atoms with Crippen LogP contribution in [0.2, 0.25) is 5.02 Å². The second-order valence-electron chi connectivity index (χ2n) is 6.75. The van der Waals surface area contributed by atoms with E-state index in [-0.39, 0.29) is 17.4 Å². The monoisotopic (exact) mass is 484 g/mol. The van der Waals surface area contributed by atoms with Crippen molar-refractivity contribution in [2.24, 2.45) is 0 Å². The van der Waals surface area contributed by atoms with Gasteiger partial charge in [-0.2, -0.15) is 0 Å². The summed E-state index contributed by atoms with van der Waals surface area (Å²) in [7, 11) is 0. The summed E-state index contributed by atoms with van der Waals surface area (Å²) in [5, 5.41) is 20.0. The molecule has 5 nitrogen and oxygen atoms in total. The average Bonchev–Trinajstić information content (AvgIpc) is 2.96. The molecule has 3 aromatic carbocycles. The second-order valence-corrected chi connectivity index (χ2v) is 7.95. The Balaban J connectivity index is 1.77. The molecule has 1 saturated heterocycles. The van der Waals surface area contributed by atoms with Gasteiger partial charge in [-0.15, -0.1) is 0 Å². The van der Waals surface area contributed by atoms with Gasteiger partial charge in [-0.05, 0) is 0 Å². The van der Waals surface area contributed by atoms with Gasteiger partial charge in [0.15, 0.2) is 0 Å². The van der Waals surface area contributed by atoms with Crippen molar-refractivity contribution in [2.75, 3.05) is 4.90 Å². The molecule has 0 aromatic heterocycles. The molecule has 0 radical (unpaired) electrons. The van der Waals surface area contributed by atoms with Crippen molar-refractivity contribution >= 4 is 49.5 Å². The Morgan fingerprint density at radius 1 is 0.933 bits per heavy atom. The Labute approximate surface area is 186 Å². The van der Waals surface area contributed by atoms with Crippen LogP contribution in [0, 0.1) is 0 Å². The van der Waals surface area contributed by atoms with Crippen LogP contribution in [0.15, 0.2) is 78.5 Å². The molecule has 0 unspecified atom stereocenters. The standard InChI is InChI=1S/C23H17ClN2O3Se/c24-17-7-9-18(10-8-17)26-22(29)19(12-16-6-11-20(27)21(28)13-16)25(23(26)30)14-15-4-2-1-3-5-15/h1-13,27-28H,14H2/b19-12+. The van der Waals surface area contributed by atoms with Crippen molar-refractivity contribution in [3.05, 3.63) is 94.6 Å². The van der Waals surface area contributed by atoms with E-state index in [1.54, 1.807) is 41.3 Å². The number of hydrogen-bond donors (Lipinski definition) is 2. The second kappa shape index (κ2) is 8.36. The first-order chi connectivity index (χ1) is 14.4. The van der Waals surface area contributed by atoms with E-state index in [2.05, 4.69) is 15.6 Å². The molecule has 3 aromatic rings. The molecule has 7 heteroatoms. The molecule has 0 spiro atoms. The van der Waals surface area contributed by atoms with Crippen LogP contribution in [0.25, 0.3) is 6.08 Å². The molecule has 0 saturated carbocycles. The van der Waals surface area contributed by atoms with Crippen molar-refractivity contribution in [3.63, 3.8) is 0 Å². The fourth-order valence-corrected chi connectivity index (χ4v) is 4.07. The number of carbonyl (C=O) groups is 1. The number of halogens is 1. The fraction of sp³-hybridized carbons (Fsp3) is 0.0435. The normalized spacial score (nSPS) is 15.3. The van der Waals surface area contributed by atoms with Gasteiger partial charge in [-0.25, -0.2) is 0 Å². The SMILES string of the molecule is O=C1/C(=C\c2ccc(O)c(O)c2)N(Cc2ccccc2)C(=[Se])N1c1ccc(Cl)cc1. The number of phenols is 2.